The molecule has 2 atom stereocenters. The van der Waals surface area contributed by atoms with Gasteiger partial charge in [-0.3, -0.25) is 10.1 Å². The quantitative estimate of drug-likeness (QED) is 0.234. The molecule has 5 heteroatoms. The molecule has 172 valence electrons. The first kappa shape index (κ1) is 20.3. The molecule has 0 bridgehead atoms. The van der Waals surface area contributed by atoms with Gasteiger partial charge in [-0.15, -0.1) is 0 Å². The van der Waals surface area contributed by atoms with E-state index in [2.05, 4.69) is 65.2 Å². The van der Waals surface area contributed by atoms with Crippen molar-refractivity contribution in [1.82, 2.24) is 4.57 Å². The highest BCUT2D eigenvalue weighted by molar-refractivity contribution is 5.93. The Morgan fingerprint density at radius 1 is 0.886 bits per heavy atom. The molecule has 5 nitrogen and oxygen atoms in total. The van der Waals surface area contributed by atoms with E-state index in [1.807, 2.05) is 30.3 Å². The van der Waals surface area contributed by atoms with E-state index in [1.54, 1.807) is 0 Å². The Bertz CT molecular complexity index is 1620. The molecule has 0 amide bonds. The summed E-state index contributed by atoms with van der Waals surface area (Å²) >= 11 is 0. The summed E-state index contributed by atoms with van der Waals surface area (Å²) < 4.78 is 8.53. The normalized spacial score (nSPS) is 20.6. The predicted octanol–water partition coefficient (Wildman–Crippen LogP) is 6.33. The van der Waals surface area contributed by atoms with Gasteiger partial charge in [-0.1, -0.05) is 78.9 Å². The number of hydrogen-bond acceptors (Lipinski definition) is 3. The minimum Gasteiger partial charge on any atom is -0.486 e. The fourth-order valence-corrected chi connectivity index (χ4v) is 6.39. The van der Waals surface area contributed by atoms with Crippen LogP contribution in [0.1, 0.15) is 34.7 Å². The first-order valence-corrected chi connectivity index (χ1v) is 12.1. The average Bonchev–Trinajstić information content (AvgIpc) is 3.22. The number of ether oxygens (including phenoxy) is 1. The highest BCUT2D eigenvalue weighted by atomic mass is 16.6. The lowest BCUT2D eigenvalue weighted by molar-refractivity contribution is -0.579. The Morgan fingerprint density at radius 2 is 1.63 bits per heavy atom. The molecule has 0 fully saturated rings. The fourth-order valence-electron chi connectivity index (χ4n) is 6.39. The lowest BCUT2D eigenvalue weighted by atomic mass is 9.66. The molecule has 0 saturated heterocycles. The second-order valence-corrected chi connectivity index (χ2v) is 9.73. The van der Waals surface area contributed by atoms with Crippen LogP contribution in [0, 0.1) is 10.1 Å². The topological polar surface area (TPSA) is 57.3 Å². The van der Waals surface area contributed by atoms with E-state index in [4.69, 9.17) is 4.74 Å². The number of nitrogens with zero attached hydrogens (tertiary/aromatic N) is 2. The summed E-state index contributed by atoms with van der Waals surface area (Å²) in [6.07, 6.45) is 1.10. The molecular formula is C30H24N2O3. The van der Waals surface area contributed by atoms with Crippen molar-refractivity contribution in [2.45, 2.75) is 30.8 Å². The van der Waals surface area contributed by atoms with E-state index in [0.717, 1.165) is 45.1 Å². The smallest absolute Gasteiger partial charge is 0.266 e. The molecule has 0 N–H and O–H groups in total. The van der Waals surface area contributed by atoms with Crippen LogP contribution in [0.3, 0.4) is 0 Å². The molecule has 5 aromatic rings. The third-order valence-corrected chi connectivity index (χ3v) is 7.99. The number of para-hydroxylation sites is 1. The highest BCUT2D eigenvalue weighted by Gasteiger charge is 2.59. The van der Waals surface area contributed by atoms with Crippen molar-refractivity contribution in [1.29, 1.82) is 0 Å². The van der Waals surface area contributed by atoms with Gasteiger partial charge < -0.3 is 9.30 Å². The molecule has 1 aliphatic heterocycles. The molecule has 1 aliphatic carbocycles. The third kappa shape index (κ3) is 2.81. The second-order valence-electron chi connectivity index (χ2n) is 9.73. The second kappa shape index (κ2) is 7.44. The largest absolute Gasteiger partial charge is 0.486 e. The van der Waals surface area contributed by atoms with Crippen molar-refractivity contribution < 1.29 is 9.66 Å². The van der Waals surface area contributed by atoms with Gasteiger partial charge in [-0.25, -0.2) is 0 Å². The van der Waals surface area contributed by atoms with Crippen LogP contribution in [0.15, 0.2) is 91.0 Å². The predicted molar refractivity (Wildman–Crippen MR) is 137 cm³/mol. The Hall–Kier alpha value is -4.12. The molecule has 35 heavy (non-hydrogen) atoms. The average molecular weight is 461 g/mol. The zero-order valence-electron chi connectivity index (χ0n) is 19.2. The summed E-state index contributed by atoms with van der Waals surface area (Å²) in [4.78, 5) is 12.8. The van der Waals surface area contributed by atoms with E-state index in [0.29, 0.717) is 12.8 Å². The summed E-state index contributed by atoms with van der Waals surface area (Å²) in [5.41, 5.74) is 4.42. The van der Waals surface area contributed by atoms with E-state index >= 15 is 0 Å². The fraction of sp³-hybridized carbons (Fsp3) is 0.200. The SMILES string of the molecule is O=[N+]([O-])[C@@]12CCc3c(c4ccccc4n3Cc3ccccc3)[C@@H]1c1c(ccc3ccccc13)OC2. The number of hydrogen-bond donors (Lipinski definition) is 0. The molecule has 4 aromatic carbocycles. The van der Waals surface area contributed by atoms with Gasteiger partial charge in [-0.05, 0) is 40.5 Å². The van der Waals surface area contributed by atoms with Crippen molar-refractivity contribution in [3.63, 3.8) is 0 Å². The maximum Gasteiger partial charge on any atom is 0.266 e. The molecule has 0 spiro atoms. The maximum absolute atomic E-state index is 12.8. The van der Waals surface area contributed by atoms with Gasteiger partial charge in [0.25, 0.3) is 5.54 Å². The van der Waals surface area contributed by atoms with E-state index in [1.165, 1.54) is 11.3 Å². The van der Waals surface area contributed by atoms with Crippen LogP contribution in [-0.4, -0.2) is 21.6 Å². The van der Waals surface area contributed by atoms with Gasteiger partial charge in [0.1, 0.15) is 5.75 Å². The van der Waals surface area contributed by atoms with Crippen molar-refractivity contribution >= 4 is 21.7 Å². The van der Waals surface area contributed by atoms with Crippen molar-refractivity contribution in [2.24, 2.45) is 0 Å². The van der Waals surface area contributed by atoms with Crippen LogP contribution in [0.4, 0.5) is 0 Å². The van der Waals surface area contributed by atoms with Crippen LogP contribution < -0.4 is 4.74 Å². The summed E-state index contributed by atoms with van der Waals surface area (Å²) in [6.45, 7) is 0.835. The van der Waals surface area contributed by atoms with Crippen molar-refractivity contribution in [2.75, 3.05) is 6.61 Å². The zero-order chi connectivity index (χ0) is 23.6. The number of benzene rings is 4. The van der Waals surface area contributed by atoms with Crippen LogP contribution in [0.5, 0.6) is 5.75 Å². The number of aromatic nitrogens is 1. The monoisotopic (exact) mass is 460 g/mol. The Balaban J connectivity index is 1.56. The van der Waals surface area contributed by atoms with Crippen LogP contribution in [0.25, 0.3) is 21.7 Å². The number of rotatable bonds is 3. The Morgan fingerprint density at radius 3 is 2.46 bits per heavy atom. The lowest BCUT2D eigenvalue weighted by Gasteiger charge is -2.41. The summed E-state index contributed by atoms with van der Waals surface area (Å²) in [5, 5.41) is 16.0. The highest BCUT2D eigenvalue weighted by Crippen LogP contribution is 2.55. The minimum absolute atomic E-state index is 0.0609. The van der Waals surface area contributed by atoms with Crippen LogP contribution in [-0.2, 0) is 13.0 Å². The number of fused-ring (bicyclic) bond motifs is 9. The zero-order valence-corrected chi connectivity index (χ0v) is 19.2. The van der Waals surface area contributed by atoms with E-state index < -0.39 is 5.54 Å². The van der Waals surface area contributed by atoms with Crippen molar-refractivity contribution in [3.05, 3.63) is 123 Å². The maximum atomic E-state index is 12.8. The number of nitro groups is 1. The molecule has 7 rings (SSSR count). The molecule has 0 saturated carbocycles. The molecule has 0 radical (unpaired) electrons. The summed E-state index contributed by atoms with van der Waals surface area (Å²) in [5.74, 6) is 0.386. The van der Waals surface area contributed by atoms with Crippen LogP contribution in [0.2, 0.25) is 0 Å². The Labute approximate surface area is 202 Å². The van der Waals surface area contributed by atoms with Gasteiger partial charge in [0.2, 0.25) is 0 Å². The molecular weight excluding hydrogens is 436 g/mol. The van der Waals surface area contributed by atoms with Gasteiger partial charge >= 0.3 is 0 Å². The third-order valence-electron chi connectivity index (χ3n) is 7.99. The first-order valence-electron chi connectivity index (χ1n) is 12.1. The Kier molecular flexibility index (Phi) is 4.31. The van der Waals surface area contributed by atoms with Crippen LogP contribution >= 0.6 is 0 Å². The van der Waals surface area contributed by atoms with E-state index in [-0.39, 0.29) is 17.4 Å². The summed E-state index contributed by atoms with van der Waals surface area (Å²) in [7, 11) is 0. The summed E-state index contributed by atoms with van der Waals surface area (Å²) in [6, 6.07) is 31.0. The molecule has 0 unspecified atom stereocenters. The van der Waals surface area contributed by atoms with E-state index in [9.17, 15) is 10.1 Å². The van der Waals surface area contributed by atoms with Gasteiger partial charge in [0, 0.05) is 40.0 Å². The molecule has 2 aliphatic rings. The van der Waals surface area contributed by atoms with Gasteiger partial charge in [0.15, 0.2) is 6.61 Å². The van der Waals surface area contributed by atoms with Gasteiger partial charge in [0.05, 0.1) is 5.92 Å². The minimum atomic E-state index is -1.19. The lowest BCUT2D eigenvalue weighted by Crippen LogP contribution is -2.54. The van der Waals surface area contributed by atoms with Crippen molar-refractivity contribution in [3.8, 4) is 5.75 Å². The van der Waals surface area contributed by atoms with Gasteiger partial charge in [-0.2, -0.15) is 0 Å². The first-order chi connectivity index (χ1) is 17.2. The molecule has 1 aromatic heterocycles. The standard InChI is InChI=1S/C30H24N2O3/c33-32(34)30-17-16-25-27(23-12-6-7-13-24(23)31(25)18-20-8-2-1-3-9-20)29(30)28-22-11-5-4-10-21(22)14-15-26(28)35-19-30/h1-15,29H,16-19H2/t29-,30-/m1/s1. The molecule has 2 heterocycles.